The molecule has 0 saturated carbocycles. The maximum Gasteiger partial charge on any atom is 0.245 e. The molecule has 9 heteroatoms. The molecule has 25 heavy (non-hydrogen) atoms. The number of hydrogen-bond donors (Lipinski definition) is 0. The summed E-state index contributed by atoms with van der Waals surface area (Å²) in [4.78, 5) is 0.177. The fourth-order valence-corrected chi connectivity index (χ4v) is 4.88. The van der Waals surface area contributed by atoms with Crippen LogP contribution in [0.4, 0.5) is 4.39 Å². The van der Waals surface area contributed by atoms with Crippen LogP contribution in [0.15, 0.2) is 47.4 Å². The van der Waals surface area contributed by atoms with Crippen molar-refractivity contribution >= 4 is 32.8 Å². The van der Waals surface area contributed by atoms with Crippen LogP contribution in [0.1, 0.15) is 5.56 Å². The van der Waals surface area contributed by atoms with E-state index in [4.69, 9.17) is 4.74 Å². The van der Waals surface area contributed by atoms with Crippen molar-refractivity contribution in [3.8, 4) is 0 Å². The van der Waals surface area contributed by atoms with E-state index in [0.717, 1.165) is 17.3 Å². The lowest BCUT2D eigenvalue weighted by molar-refractivity contribution is -0.0295. The van der Waals surface area contributed by atoms with Crippen LogP contribution in [-0.2, 0) is 21.4 Å². The Hall–Kier alpha value is -1.94. The van der Waals surface area contributed by atoms with Gasteiger partial charge in [0.15, 0.2) is 0 Å². The molecule has 0 spiro atoms. The Labute approximate surface area is 148 Å². The van der Waals surface area contributed by atoms with Gasteiger partial charge in [0.2, 0.25) is 10.0 Å². The maximum absolute atomic E-state index is 12.9. The number of rotatable bonds is 5. The smallest absolute Gasteiger partial charge is 0.245 e. The van der Waals surface area contributed by atoms with Crippen molar-refractivity contribution in [1.82, 2.24) is 13.1 Å². The van der Waals surface area contributed by atoms with Gasteiger partial charge in [-0.1, -0.05) is 18.2 Å². The van der Waals surface area contributed by atoms with Crippen LogP contribution in [0.5, 0.6) is 0 Å². The minimum absolute atomic E-state index is 0.174. The lowest BCUT2D eigenvalue weighted by atomic mass is 10.2. The van der Waals surface area contributed by atoms with E-state index in [1.807, 2.05) is 0 Å². The van der Waals surface area contributed by atoms with Gasteiger partial charge in [-0.15, -0.1) is 0 Å². The number of benzene rings is 2. The second-order valence-electron chi connectivity index (χ2n) is 5.77. The van der Waals surface area contributed by atoms with Gasteiger partial charge in [0.05, 0.1) is 24.4 Å². The molecule has 3 aromatic rings. The molecule has 0 unspecified atom stereocenters. The summed E-state index contributed by atoms with van der Waals surface area (Å²) in [5, 5.41) is 0. The average Bonchev–Trinajstić information content (AvgIpc) is 3.03. The van der Waals surface area contributed by atoms with E-state index >= 15 is 0 Å². The predicted octanol–water partition coefficient (Wildman–Crippen LogP) is 2.42. The lowest BCUT2D eigenvalue weighted by Gasteiger charge is -2.37. The first-order chi connectivity index (χ1) is 12.0. The van der Waals surface area contributed by atoms with E-state index in [-0.39, 0.29) is 29.9 Å². The number of halogens is 1. The number of sulfonamides is 1. The van der Waals surface area contributed by atoms with Gasteiger partial charge in [0.1, 0.15) is 21.7 Å². The molecule has 1 saturated heterocycles. The van der Waals surface area contributed by atoms with Gasteiger partial charge in [0.25, 0.3) is 0 Å². The Morgan fingerprint density at radius 2 is 1.92 bits per heavy atom. The summed E-state index contributed by atoms with van der Waals surface area (Å²) in [7, 11) is -3.61. The van der Waals surface area contributed by atoms with Crippen LogP contribution in [0.2, 0.25) is 0 Å². The van der Waals surface area contributed by atoms with Crippen molar-refractivity contribution in [3.05, 3.63) is 53.8 Å². The summed E-state index contributed by atoms with van der Waals surface area (Å²) in [6.45, 7) is 0.902. The van der Waals surface area contributed by atoms with Crippen molar-refractivity contribution in [3.63, 3.8) is 0 Å². The fraction of sp³-hybridized carbons (Fsp3) is 0.250. The number of aromatic nitrogens is 2. The minimum atomic E-state index is -3.61. The monoisotopic (exact) mass is 379 g/mol. The molecule has 6 nitrogen and oxygen atoms in total. The lowest BCUT2D eigenvalue weighted by Crippen LogP contribution is -2.54. The number of hydrogen-bond acceptors (Lipinski definition) is 6. The second kappa shape index (κ2) is 6.41. The molecule has 0 radical (unpaired) electrons. The highest BCUT2D eigenvalue weighted by Crippen LogP contribution is 2.28. The molecule has 0 amide bonds. The molecule has 0 aliphatic carbocycles. The molecule has 2 aromatic carbocycles. The zero-order valence-electron chi connectivity index (χ0n) is 13.0. The van der Waals surface area contributed by atoms with Gasteiger partial charge in [0, 0.05) is 13.1 Å². The molecule has 1 aliphatic heterocycles. The summed E-state index contributed by atoms with van der Waals surface area (Å²) in [6, 6.07) is 11.0. The van der Waals surface area contributed by atoms with Gasteiger partial charge in [-0.2, -0.15) is 13.1 Å². The van der Waals surface area contributed by atoms with Crippen LogP contribution in [-0.4, -0.2) is 40.7 Å². The zero-order valence-corrected chi connectivity index (χ0v) is 14.6. The van der Waals surface area contributed by atoms with Crippen molar-refractivity contribution in [2.24, 2.45) is 0 Å². The molecule has 1 aliphatic rings. The van der Waals surface area contributed by atoms with Crippen molar-refractivity contribution < 1.29 is 17.5 Å². The Morgan fingerprint density at radius 3 is 2.68 bits per heavy atom. The fourth-order valence-electron chi connectivity index (χ4n) is 2.63. The van der Waals surface area contributed by atoms with E-state index in [1.165, 1.54) is 16.4 Å². The molecule has 1 fully saturated rings. The topological polar surface area (TPSA) is 72.4 Å². The summed E-state index contributed by atoms with van der Waals surface area (Å²) in [5.74, 6) is -0.296. The first-order valence-electron chi connectivity index (χ1n) is 7.61. The molecule has 0 atom stereocenters. The molecular formula is C16H14FN3O3S2. The van der Waals surface area contributed by atoms with E-state index in [9.17, 15) is 12.8 Å². The van der Waals surface area contributed by atoms with Crippen LogP contribution in [0.3, 0.4) is 0 Å². The largest absolute Gasteiger partial charge is 0.371 e. The molecule has 0 N–H and O–H groups in total. The van der Waals surface area contributed by atoms with Crippen LogP contribution >= 0.6 is 11.7 Å². The van der Waals surface area contributed by atoms with Gasteiger partial charge in [-0.25, -0.2) is 12.8 Å². The van der Waals surface area contributed by atoms with Crippen molar-refractivity contribution in [2.45, 2.75) is 17.6 Å². The molecule has 130 valence electrons. The van der Waals surface area contributed by atoms with E-state index in [1.54, 1.807) is 30.3 Å². The Bertz CT molecular complexity index is 999. The SMILES string of the molecule is O=S(=O)(c1cccc2nsnc12)N1CC(OCc2ccc(F)cc2)C1. The predicted molar refractivity (Wildman–Crippen MR) is 91.2 cm³/mol. The van der Waals surface area contributed by atoms with Crippen molar-refractivity contribution in [1.29, 1.82) is 0 Å². The highest BCUT2D eigenvalue weighted by Gasteiger charge is 2.38. The van der Waals surface area contributed by atoms with Crippen LogP contribution < -0.4 is 0 Å². The van der Waals surface area contributed by atoms with Crippen molar-refractivity contribution in [2.75, 3.05) is 13.1 Å². The molecule has 2 heterocycles. The van der Waals surface area contributed by atoms with E-state index < -0.39 is 10.0 Å². The zero-order chi connectivity index (χ0) is 17.4. The summed E-state index contributed by atoms with van der Waals surface area (Å²) < 4.78 is 53.6. The van der Waals surface area contributed by atoms with Crippen LogP contribution in [0, 0.1) is 5.82 Å². The number of nitrogens with zero attached hydrogens (tertiary/aromatic N) is 3. The number of fused-ring (bicyclic) bond motifs is 1. The highest BCUT2D eigenvalue weighted by atomic mass is 32.2. The molecule has 4 rings (SSSR count). The quantitative estimate of drug-likeness (QED) is 0.681. The minimum Gasteiger partial charge on any atom is -0.371 e. The maximum atomic E-state index is 12.9. The molecule has 0 bridgehead atoms. The molecule has 1 aromatic heterocycles. The van der Waals surface area contributed by atoms with E-state index in [2.05, 4.69) is 8.75 Å². The Kier molecular flexibility index (Phi) is 4.24. The normalized spacial score (nSPS) is 16.2. The highest BCUT2D eigenvalue weighted by molar-refractivity contribution is 7.89. The standard InChI is InChI=1S/C16H14FN3O3S2/c17-12-6-4-11(5-7-12)10-23-13-8-20(9-13)25(21,22)15-3-1-2-14-16(15)19-24-18-14/h1-7,13H,8-10H2. The Balaban J connectivity index is 1.41. The third-order valence-electron chi connectivity index (χ3n) is 4.08. The van der Waals surface area contributed by atoms with Gasteiger partial charge in [-0.3, -0.25) is 0 Å². The van der Waals surface area contributed by atoms with Gasteiger partial charge >= 0.3 is 0 Å². The summed E-state index contributed by atoms with van der Waals surface area (Å²) >= 11 is 0.993. The molecular weight excluding hydrogens is 365 g/mol. The first-order valence-corrected chi connectivity index (χ1v) is 9.78. The third kappa shape index (κ3) is 3.15. The second-order valence-corrected chi connectivity index (χ2v) is 8.20. The number of ether oxygens (including phenoxy) is 1. The first kappa shape index (κ1) is 16.5. The van der Waals surface area contributed by atoms with Crippen LogP contribution in [0.25, 0.3) is 11.0 Å². The summed E-state index contributed by atoms with van der Waals surface area (Å²) in [5.41, 5.74) is 1.83. The van der Waals surface area contributed by atoms with Gasteiger partial charge in [-0.05, 0) is 29.8 Å². The Morgan fingerprint density at radius 1 is 1.16 bits per heavy atom. The van der Waals surface area contributed by atoms with Gasteiger partial charge < -0.3 is 4.74 Å². The average molecular weight is 379 g/mol. The van der Waals surface area contributed by atoms with E-state index in [0.29, 0.717) is 17.6 Å². The summed E-state index contributed by atoms with van der Waals surface area (Å²) in [6.07, 6.45) is -0.174. The third-order valence-corrected chi connectivity index (χ3v) is 6.49.